The number of rotatable bonds is 5. The van der Waals surface area contributed by atoms with Crippen LogP contribution >= 0.6 is 0 Å². The number of fused-ring (bicyclic) bond motifs is 1. The smallest absolute Gasteiger partial charge is 0.327 e. The SMILES string of the molecule is COC(=O)Cn1nc(-c2cccc(OC)c2OC)c2ccccc21. The van der Waals surface area contributed by atoms with Crippen LogP contribution in [0.5, 0.6) is 11.5 Å². The van der Waals surface area contributed by atoms with Gasteiger partial charge in [0.2, 0.25) is 0 Å². The summed E-state index contributed by atoms with van der Waals surface area (Å²) in [6.45, 7) is 0.0449. The lowest BCUT2D eigenvalue weighted by Crippen LogP contribution is -2.12. The summed E-state index contributed by atoms with van der Waals surface area (Å²) in [5, 5.41) is 5.54. The van der Waals surface area contributed by atoms with Crippen LogP contribution in [0.15, 0.2) is 42.5 Å². The quantitative estimate of drug-likeness (QED) is 0.675. The number of nitrogens with zero attached hydrogens (tertiary/aromatic N) is 2. The van der Waals surface area contributed by atoms with E-state index in [1.165, 1.54) is 7.11 Å². The van der Waals surface area contributed by atoms with E-state index in [1.54, 1.807) is 18.9 Å². The summed E-state index contributed by atoms with van der Waals surface area (Å²) < 4.78 is 17.3. The van der Waals surface area contributed by atoms with E-state index in [-0.39, 0.29) is 12.5 Å². The third-order valence-corrected chi connectivity index (χ3v) is 3.82. The molecule has 0 saturated heterocycles. The third-order valence-electron chi connectivity index (χ3n) is 3.82. The summed E-state index contributed by atoms with van der Waals surface area (Å²) in [4.78, 5) is 11.7. The number of methoxy groups -OCH3 is 3. The summed E-state index contributed by atoms with van der Waals surface area (Å²) in [5.41, 5.74) is 2.38. The average molecular weight is 326 g/mol. The summed E-state index contributed by atoms with van der Waals surface area (Å²) in [5.74, 6) is 0.877. The Bertz CT molecular complexity index is 886. The fourth-order valence-corrected chi connectivity index (χ4v) is 2.71. The predicted octanol–water partition coefficient (Wildman–Crippen LogP) is 2.89. The lowest BCUT2D eigenvalue weighted by atomic mass is 10.1. The van der Waals surface area contributed by atoms with Gasteiger partial charge in [-0.25, -0.2) is 0 Å². The lowest BCUT2D eigenvalue weighted by molar-refractivity contribution is -0.141. The molecule has 6 heteroatoms. The topological polar surface area (TPSA) is 62.6 Å². The highest BCUT2D eigenvalue weighted by Gasteiger charge is 2.19. The number of hydrogen-bond donors (Lipinski definition) is 0. The van der Waals surface area contributed by atoms with Crippen LogP contribution in [0.3, 0.4) is 0 Å². The van der Waals surface area contributed by atoms with Crippen LogP contribution in [0.4, 0.5) is 0 Å². The molecule has 0 amide bonds. The Morgan fingerprint density at radius 3 is 2.54 bits per heavy atom. The molecule has 0 spiro atoms. The number of para-hydroxylation sites is 2. The minimum atomic E-state index is -0.354. The molecule has 6 nitrogen and oxygen atoms in total. The van der Waals surface area contributed by atoms with Gasteiger partial charge in [0.1, 0.15) is 12.2 Å². The molecule has 0 bridgehead atoms. The van der Waals surface area contributed by atoms with Crippen molar-refractivity contribution in [2.24, 2.45) is 0 Å². The highest BCUT2D eigenvalue weighted by atomic mass is 16.5. The summed E-state index contributed by atoms with van der Waals surface area (Å²) in [6, 6.07) is 13.3. The summed E-state index contributed by atoms with van der Waals surface area (Å²) in [7, 11) is 4.55. The minimum absolute atomic E-state index is 0.0449. The molecule has 24 heavy (non-hydrogen) atoms. The molecule has 2 aromatic carbocycles. The maximum atomic E-state index is 11.7. The van der Waals surface area contributed by atoms with Crippen LogP contribution < -0.4 is 9.47 Å². The van der Waals surface area contributed by atoms with E-state index in [9.17, 15) is 4.79 Å². The van der Waals surface area contributed by atoms with Crippen molar-refractivity contribution < 1.29 is 19.0 Å². The van der Waals surface area contributed by atoms with Crippen LogP contribution in [0.25, 0.3) is 22.2 Å². The van der Waals surface area contributed by atoms with Gasteiger partial charge >= 0.3 is 5.97 Å². The van der Waals surface area contributed by atoms with Crippen molar-refractivity contribution in [1.82, 2.24) is 9.78 Å². The monoisotopic (exact) mass is 326 g/mol. The molecule has 0 radical (unpaired) electrons. The first kappa shape index (κ1) is 15.9. The second-order valence-corrected chi connectivity index (χ2v) is 5.14. The van der Waals surface area contributed by atoms with Crippen molar-refractivity contribution in [2.45, 2.75) is 6.54 Å². The largest absolute Gasteiger partial charge is 0.493 e. The Balaban J connectivity index is 2.22. The van der Waals surface area contributed by atoms with E-state index in [1.807, 2.05) is 42.5 Å². The molecule has 1 aromatic heterocycles. The van der Waals surface area contributed by atoms with Crippen molar-refractivity contribution in [3.63, 3.8) is 0 Å². The molecule has 0 atom stereocenters. The van der Waals surface area contributed by atoms with Gasteiger partial charge in [-0.15, -0.1) is 0 Å². The summed E-state index contributed by atoms with van der Waals surface area (Å²) >= 11 is 0. The number of carbonyl (C=O) groups is 1. The van der Waals surface area contributed by atoms with Crippen LogP contribution in [-0.2, 0) is 16.1 Å². The average Bonchev–Trinajstić information content (AvgIpc) is 2.99. The van der Waals surface area contributed by atoms with Gasteiger partial charge in [0, 0.05) is 10.9 Å². The van der Waals surface area contributed by atoms with E-state index in [4.69, 9.17) is 14.2 Å². The van der Waals surface area contributed by atoms with E-state index >= 15 is 0 Å². The number of aromatic nitrogens is 2. The van der Waals surface area contributed by atoms with Gasteiger partial charge in [0.05, 0.1) is 26.8 Å². The fourth-order valence-electron chi connectivity index (χ4n) is 2.71. The third kappa shape index (κ3) is 2.67. The number of esters is 1. The molecule has 0 N–H and O–H groups in total. The first-order valence-electron chi connectivity index (χ1n) is 7.43. The van der Waals surface area contributed by atoms with Crippen LogP contribution in [-0.4, -0.2) is 37.1 Å². The zero-order valence-corrected chi connectivity index (χ0v) is 13.8. The van der Waals surface area contributed by atoms with Crippen LogP contribution in [0, 0.1) is 0 Å². The zero-order valence-electron chi connectivity index (χ0n) is 13.8. The van der Waals surface area contributed by atoms with E-state index in [0.717, 1.165) is 22.2 Å². The Kier molecular flexibility index (Phi) is 4.37. The van der Waals surface area contributed by atoms with Crippen LogP contribution in [0.2, 0.25) is 0 Å². The molecule has 3 aromatic rings. The molecule has 0 aliphatic rings. The minimum Gasteiger partial charge on any atom is -0.493 e. The first-order chi connectivity index (χ1) is 11.7. The molecule has 0 aliphatic carbocycles. The van der Waals surface area contributed by atoms with Gasteiger partial charge in [-0.05, 0) is 18.2 Å². The zero-order chi connectivity index (χ0) is 17.1. The Labute approximate surface area is 139 Å². The molecule has 1 heterocycles. The number of carbonyl (C=O) groups excluding carboxylic acids is 1. The van der Waals surface area contributed by atoms with E-state index in [2.05, 4.69) is 5.10 Å². The molecule has 3 rings (SSSR count). The fraction of sp³-hybridized carbons (Fsp3) is 0.222. The highest BCUT2D eigenvalue weighted by Crippen LogP contribution is 2.39. The van der Waals surface area contributed by atoms with Crippen LogP contribution in [0.1, 0.15) is 0 Å². The highest BCUT2D eigenvalue weighted by molar-refractivity contribution is 5.95. The Morgan fingerprint density at radius 1 is 1.04 bits per heavy atom. The molecule has 0 fully saturated rings. The van der Waals surface area contributed by atoms with Crippen molar-refractivity contribution in [3.05, 3.63) is 42.5 Å². The van der Waals surface area contributed by atoms with Gasteiger partial charge in [-0.3, -0.25) is 9.48 Å². The van der Waals surface area contributed by atoms with Gasteiger partial charge in [0.25, 0.3) is 0 Å². The maximum Gasteiger partial charge on any atom is 0.327 e. The van der Waals surface area contributed by atoms with E-state index < -0.39 is 0 Å². The van der Waals surface area contributed by atoms with Gasteiger partial charge < -0.3 is 14.2 Å². The van der Waals surface area contributed by atoms with Gasteiger partial charge in [-0.1, -0.05) is 24.3 Å². The molecular weight excluding hydrogens is 308 g/mol. The Hall–Kier alpha value is -3.02. The van der Waals surface area contributed by atoms with Gasteiger partial charge in [0.15, 0.2) is 11.5 Å². The van der Waals surface area contributed by atoms with Crippen molar-refractivity contribution in [1.29, 1.82) is 0 Å². The normalized spacial score (nSPS) is 10.6. The molecule has 0 aliphatic heterocycles. The number of hydrogen-bond acceptors (Lipinski definition) is 5. The van der Waals surface area contributed by atoms with Crippen molar-refractivity contribution in [2.75, 3.05) is 21.3 Å². The second-order valence-electron chi connectivity index (χ2n) is 5.14. The lowest BCUT2D eigenvalue weighted by Gasteiger charge is -2.11. The molecule has 0 saturated carbocycles. The number of ether oxygens (including phenoxy) is 3. The molecule has 0 unspecified atom stereocenters. The number of benzene rings is 2. The van der Waals surface area contributed by atoms with Crippen molar-refractivity contribution in [3.8, 4) is 22.8 Å². The molecular formula is C18H18N2O4. The maximum absolute atomic E-state index is 11.7. The van der Waals surface area contributed by atoms with Gasteiger partial charge in [-0.2, -0.15) is 5.10 Å². The predicted molar refractivity (Wildman–Crippen MR) is 90.3 cm³/mol. The Morgan fingerprint density at radius 2 is 1.83 bits per heavy atom. The summed E-state index contributed by atoms with van der Waals surface area (Å²) in [6.07, 6.45) is 0. The molecule has 124 valence electrons. The standard InChI is InChI=1S/C18H18N2O4/c1-22-15-10-6-8-13(18(15)24-3)17-12-7-4-5-9-14(12)20(19-17)11-16(21)23-2/h4-10H,11H2,1-3H3. The van der Waals surface area contributed by atoms with Crippen molar-refractivity contribution >= 4 is 16.9 Å². The van der Waals surface area contributed by atoms with E-state index in [0.29, 0.717) is 11.5 Å². The second kappa shape index (κ2) is 6.62. The first-order valence-corrected chi connectivity index (χ1v) is 7.43.